The van der Waals surface area contributed by atoms with E-state index in [-0.39, 0.29) is 5.97 Å². The van der Waals surface area contributed by atoms with Crippen molar-refractivity contribution < 1.29 is 19.4 Å². The molecule has 4 heteroatoms. The minimum atomic E-state index is -1.18. The fourth-order valence-electron chi connectivity index (χ4n) is 3.32. The number of hydrogen-bond donors (Lipinski definition) is 1. The van der Waals surface area contributed by atoms with Crippen molar-refractivity contribution in [1.82, 2.24) is 0 Å². The van der Waals surface area contributed by atoms with Crippen LogP contribution in [0.4, 0.5) is 0 Å². The van der Waals surface area contributed by atoms with Crippen LogP contribution < -0.4 is 0 Å². The van der Waals surface area contributed by atoms with Gasteiger partial charge in [-0.05, 0) is 34.1 Å². The topological polar surface area (TPSA) is 55.8 Å². The first-order valence-corrected chi connectivity index (χ1v) is 7.10. The van der Waals surface area contributed by atoms with Gasteiger partial charge in [-0.15, -0.1) is 0 Å². The average Bonchev–Trinajstić information content (AvgIpc) is 2.43. The fraction of sp³-hybridized carbons (Fsp3) is 0.933. The smallest absolute Gasteiger partial charge is 0.311 e. The molecular weight excluding hydrogens is 244 g/mol. The molecule has 0 saturated carbocycles. The van der Waals surface area contributed by atoms with Gasteiger partial charge < -0.3 is 14.6 Å². The lowest BCUT2D eigenvalue weighted by molar-refractivity contribution is -0.176. The summed E-state index contributed by atoms with van der Waals surface area (Å²) in [6.07, 6.45) is 2.94. The summed E-state index contributed by atoms with van der Waals surface area (Å²) in [7, 11) is 1.37. The van der Waals surface area contributed by atoms with Crippen LogP contribution in [0.15, 0.2) is 0 Å². The molecule has 0 aliphatic carbocycles. The molecule has 0 spiro atoms. The summed E-state index contributed by atoms with van der Waals surface area (Å²) >= 11 is 0. The van der Waals surface area contributed by atoms with Gasteiger partial charge in [0, 0.05) is 6.42 Å². The maximum Gasteiger partial charge on any atom is 0.311 e. The van der Waals surface area contributed by atoms with E-state index in [1.165, 1.54) is 7.11 Å². The summed E-state index contributed by atoms with van der Waals surface area (Å²) < 4.78 is 10.8. The van der Waals surface area contributed by atoms with Gasteiger partial charge in [-0.2, -0.15) is 0 Å². The van der Waals surface area contributed by atoms with Crippen LogP contribution in [0.1, 0.15) is 60.3 Å². The third kappa shape index (κ3) is 3.11. The van der Waals surface area contributed by atoms with E-state index < -0.39 is 22.7 Å². The molecule has 19 heavy (non-hydrogen) atoms. The van der Waals surface area contributed by atoms with E-state index in [2.05, 4.69) is 6.92 Å². The standard InChI is InChI=1S/C15H28O4/c1-7-8-9-11(12(16)18-6)15(17)10-13(2,3)19-14(15,4)5/h11,17H,7-10H2,1-6H3. The SMILES string of the molecule is CCCCC(C(=O)OC)C1(O)CC(C)(C)OC1(C)C. The highest BCUT2D eigenvalue weighted by Crippen LogP contribution is 2.50. The number of ether oxygens (including phenoxy) is 2. The van der Waals surface area contributed by atoms with E-state index in [0.717, 1.165) is 12.8 Å². The largest absolute Gasteiger partial charge is 0.469 e. The highest BCUT2D eigenvalue weighted by molar-refractivity contribution is 5.74. The first-order valence-electron chi connectivity index (χ1n) is 7.10. The van der Waals surface area contributed by atoms with Gasteiger partial charge in [0.05, 0.1) is 24.2 Å². The van der Waals surface area contributed by atoms with E-state index >= 15 is 0 Å². The van der Waals surface area contributed by atoms with Crippen molar-refractivity contribution in [3.8, 4) is 0 Å². The monoisotopic (exact) mass is 272 g/mol. The third-order valence-electron chi connectivity index (χ3n) is 4.18. The molecule has 1 N–H and O–H groups in total. The van der Waals surface area contributed by atoms with Crippen molar-refractivity contribution in [3.63, 3.8) is 0 Å². The van der Waals surface area contributed by atoms with Gasteiger partial charge in [0.2, 0.25) is 0 Å². The lowest BCUT2D eigenvalue weighted by atomic mass is 9.71. The van der Waals surface area contributed by atoms with Gasteiger partial charge >= 0.3 is 5.97 Å². The second-order valence-electron chi connectivity index (χ2n) is 6.69. The molecule has 1 heterocycles. The molecule has 1 aliphatic heterocycles. The first kappa shape index (κ1) is 16.4. The number of carbonyl (C=O) groups excluding carboxylic acids is 1. The molecule has 112 valence electrons. The molecule has 2 atom stereocenters. The second kappa shape index (κ2) is 5.41. The molecule has 1 saturated heterocycles. The molecule has 2 unspecified atom stereocenters. The van der Waals surface area contributed by atoms with Gasteiger partial charge in [0.25, 0.3) is 0 Å². The molecule has 0 aromatic rings. The third-order valence-corrected chi connectivity index (χ3v) is 4.18. The average molecular weight is 272 g/mol. The highest BCUT2D eigenvalue weighted by Gasteiger charge is 2.61. The maximum absolute atomic E-state index is 12.1. The van der Waals surface area contributed by atoms with Gasteiger partial charge in [-0.3, -0.25) is 4.79 Å². The molecule has 0 bridgehead atoms. The van der Waals surface area contributed by atoms with Crippen molar-refractivity contribution in [2.45, 2.75) is 77.1 Å². The Balaban J connectivity index is 3.08. The molecule has 1 rings (SSSR count). The summed E-state index contributed by atoms with van der Waals surface area (Å²) in [6.45, 7) is 9.66. The van der Waals surface area contributed by atoms with Gasteiger partial charge in [-0.25, -0.2) is 0 Å². The molecule has 1 aliphatic rings. The number of aliphatic hydroxyl groups is 1. The van der Waals surface area contributed by atoms with Crippen molar-refractivity contribution in [3.05, 3.63) is 0 Å². The van der Waals surface area contributed by atoms with Crippen LogP contribution >= 0.6 is 0 Å². The van der Waals surface area contributed by atoms with Crippen molar-refractivity contribution in [2.75, 3.05) is 7.11 Å². The Morgan fingerprint density at radius 2 is 1.95 bits per heavy atom. The number of carbonyl (C=O) groups is 1. The molecule has 0 amide bonds. The Hall–Kier alpha value is -0.610. The van der Waals surface area contributed by atoms with E-state index in [4.69, 9.17) is 9.47 Å². The van der Waals surface area contributed by atoms with Crippen molar-refractivity contribution in [2.24, 2.45) is 5.92 Å². The zero-order valence-corrected chi connectivity index (χ0v) is 13.1. The van der Waals surface area contributed by atoms with Crippen LogP contribution in [0.3, 0.4) is 0 Å². The minimum absolute atomic E-state index is 0.342. The molecular formula is C15H28O4. The molecule has 0 aromatic heterocycles. The summed E-state index contributed by atoms with van der Waals surface area (Å²) in [6, 6.07) is 0. The van der Waals surface area contributed by atoms with E-state index in [1.54, 1.807) is 0 Å². The van der Waals surface area contributed by atoms with E-state index in [0.29, 0.717) is 12.8 Å². The van der Waals surface area contributed by atoms with Gasteiger partial charge in [0.15, 0.2) is 0 Å². The Kier molecular flexibility index (Phi) is 4.68. The van der Waals surface area contributed by atoms with Crippen LogP contribution in [0.5, 0.6) is 0 Å². The maximum atomic E-state index is 12.1. The highest BCUT2D eigenvalue weighted by atomic mass is 16.6. The quantitative estimate of drug-likeness (QED) is 0.782. The second-order valence-corrected chi connectivity index (χ2v) is 6.69. The molecule has 1 fully saturated rings. The van der Waals surface area contributed by atoms with E-state index in [9.17, 15) is 9.90 Å². The minimum Gasteiger partial charge on any atom is -0.469 e. The Morgan fingerprint density at radius 1 is 1.37 bits per heavy atom. The summed E-state index contributed by atoms with van der Waals surface area (Å²) in [5.74, 6) is -0.875. The number of rotatable bonds is 5. The summed E-state index contributed by atoms with van der Waals surface area (Å²) in [4.78, 5) is 12.1. The van der Waals surface area contributed by atoms with Gasteiger partial charge in [-0.1, -0.05) is 19.8 Å². The Labute approximate surface area is 116 Å². The molecule has 0 aromatic carbocycles. The molecule has 0 radical (unpaired) electrons. The Morgan fingerprint density at radius 3 is 2.32 bits per heavy atom. The summed E-state index contributed by atoms with van der Waals surface area (Å²) in [5.41, 5.74) is -2.38. The van der Waals surface area contributed by atoms with E-state index in [1.807, 2.05) is 27.7 Å². The van der Waals surface area contributed by atoms with Crippen LogP contribution in [-0.4, -0.2) is 35.0 Å². The van der Waals surface area contributed by atoms with Crippen LogP contribution in [0, 0.1) is 5.92 Å². The lowest BCUT2D eigenvalue weighted by Gasteiger charge is -2.40. The first-order chi connectivity index (χ1) is 8.59. The predicted molar refractivity (Wildman–Crippen MR) is 73.8 cm³/mol. The number of hydrogen-bond acceptors (Lipinski definition) is 4. The van der Waals surface area contributed by atoms with Crippen LogP contribution in [-0.2, 0) is 14.3 Å². The van der Waals surface area contributed by atoms with Crippen molar-refractivity contribution in [1.29, 1.82) is 0 Å². The zero-order valence-electron chi connectivity index (χ0n) is 13.1. The number of esters is 1. The normalized spacial score (nSPS) is 30.1. The predicted octanol–water partition coefficient (Wildman–Crippen LogP) is 2.67. The summed E-state index contributed by atoms with van der Waals surface area (Å²) in [5, 5.41) is 11.1. The van der Waals surface area contributed by atoms with Crippen molar-refractivity contribution >= 4 is 5.97 Å². The zero-order chi connectivity index (χ0) is 14.9. The van der Waals surface area contributed by atoms with Gasteiger partial charge in [0.1, 0.15) is 5.60 Å². The molecule has 4 nitrogen and oxygen atoms in total. The number of unbranched alkanes of at least 4 members (excludes halogenated alkanes) is 1. The fourth-order valence-corrected chi connectivity index (χ4v) is 3.32. The number of methoxy groups -OCH3 is 1. The Bertz CT molecular complexity index is 335. The van der Waals surface area contributed by atoms with Crippen LogP contribution in [0.2, 0.25) is 0 Å². The lowest BCUT2D eigenvalue weighted by Crippen LogP contribution is -2.54. The van der Waals surface area contributed by atoms with Crippen LogP contribution in [0.25, 0.3) is 0 Å².